The maximum Gasteiger partial charge on any atom is 0.0187 e. The lowest BCUT2D eigenvalue weighted by Gasteiger charge is -2.15. The van der Waals surface area contributed by atoms with Crippen LogP contribution in [0, 0.1) is 0 Å². The second-order valence-electron chi connectivity index (χ2n) is 2.63. The first-order valence-electron chi connectivity index (χ1n) is 3.76. The van der Waals surface area contributed by atoms with Gasteiger partial charge in [-0.2, -0.15) is 0 Å². The first kappa shape index (κ1) is 9.66. The van der Waals surface area contributed by atoms with E-state index in [1.165, 1.54) is 5.57 Å². The zero-order chi connectivity index (χ0) is 7.98. The van der Waals surface area contributed by atoms with Crippen molar-refractivity contribution in [3.8, 4) is 0 Å². The molecule has 0 heterocycles. The lowest BCUT2D eigenvalue weighted by Crippen LogP contribution is -2.27. The van der Waals surface area contributed by atoms with Crippen LogP contribution < -0.4 is 5.73 Å². The van der Waals surface area contributed by atoms with Gasteiger partial charge in [-0.05, 0) is 13.5 Å². The fourth-order valence-electron chi connectivity index (χ4n) is 0.793. The van der Waals surface area contributed by atoms with E-state index in [2.05, 4.69) is 25.5 Å². The van der Waals surface area contributed by atoms with Crippen LogP contribution in [0.3, 0.4) is 0 Å². The lowest BCUT2D eigenvalue weighted by atomic mass is 10.2. The molecule has 0 aromatic heterocycles. The average Bonchev–Trinajstić information content (AvgIpc) is 1.88. The van der Waals surface area contributed by atoms with Gasteiger partial charge in [0.2, 0.25) is 0 Å². The Morgan fingerprint density at radius 2 is 2.20 bits per heavy atom. The Kier molecular flexibility index (Phi) is 5.26. The van der Waals surface area contributed by atoms with Crippen molar-refractivity contribution in [2.24, 2.45) is 5.73 Å². The van der Waals surface area contributed by atoms with Crippen molar-refractivity contribution in [2.75, 3.05) is 26.7 Å². The minimum atomic E-state index is 0.730. The molecule has 0 aromatic carbocycles. The van der Waals surface area contributed by atoms with Crippen LogP contribution in [0.15, 0.2) is 12.2 Å². The summed E-state index contributed by atoms with van der Waals surface area (Å²) >= 11 is 0. The standard InChI is InChI=1S/C8H18N2/c1-4-8(2)7-10(3)6-5-9/h2,4-7,9H2,1,3H3. The number of likely N-dealkylation sites (N-methyl/N-ethyl adjacent to an activating group) is 1. The highest BCUT2D eigenvalue weighted by Gasteiger charge is 1.96. The first-order chi connectivity index (χ1) is 4.70. The van der Waals surface area contributed by atoms with Crippen LogP contribution in [0.2, 0.25) is 0 Å². The second kappa shape index (κ2) is 5.45. The van der Waals surface area contributed by atoms with Gasteiger partial charge in [0, 0.05) is 19.6 Å². The predicted octanol–water partition coefficient (Wildman–Crippen LogP) is 0.843. The Morgan fingerprint density at radius 3 is 2.60 bits per heavy atom. The van der Waals surface area contributed by atoms with Crippen molar-refractivity contribution in [1.82, 2.24) is 4.90 Å². The number of nitrogens with two attached hydrogens (primary N) is 1. The largest absolute Gasteiger partial charge is 0.329 e. The molecule has 0 fully saturated rings. The van der Waals surface area contributed by atoms with E-state index in [9.17, 15) is 0 Å². The van der Waals surface area contributed by atoms with Gasteiger partial charge in [-0.1, -0.05) is 19.1 Å². The Morgan fingerprint density at radius 1 is 1.60 bits per heavy atom. The molecular weight excluding hydrogens is 124 g/mol. The van der Waals surface area contributed by atoms with Crippen LogP contribution in [0.5, 0.6) is 0 Å². The molecule has 2 nitrogen and oxygen atoms in total. The Bertz CT molecular complexity index is 99.4. The topological polar surface area (TPSA) is 29.3 Å². The SMILES string of the molecule is C=C(CC)CN(C)CCN. The maximum atomic E-state index is 5.38. The number of nitrogens with zero attached hydrogens (tertiary/aromatic N) is 1. The van der Waals surface area contributed by atoms with Crippen LogP contribution in [-0.4, -0.2) is 31.6 Å². The maximum absolute atomic E-state index is 5.38. The monoisotopic (exact) mass is 142 g/mol. The molecule has 0 radical (unpaired) electrons. The molecule has 0 bridgehead atoms. The molecule has 2 heteroatoms. The fourth-order valence-corrected chi connectivity index (χ4v) is 0.793. The van der Waals surface area contributed by atoms with Crippen molar-refractivity contribution in [1.29, 1.82) is 0 Å². The minimum absolute atomic E-state index is 0.730. The molecule has 0 aliphatic rings. The van der Waals surface area contributed by atoms with Crippen LogP contribution in [0.1, 0.15) is 13.3 Å². The molecule has 0 aliphatic carbocycles. The van der Waals surface area contributed by atoms with Gasteiger partial charge < -0.3 is 10.6 Å². The summed E-state index contributed by atoms with van der Waals surface area (Å²) in [7, 11) is 2.06. The van der Waals surface area contributed by atoms with Gasteiger partial charge in [0.05, 0.1) is 0 Å². The third-order valence-corrected chi connectivity index (χ3v) is 1.50. The molecule has 2 N–H and O–H groups in total. The van der Waals surface area contributed by atoms with Gasteiger partial charge in [-0.3, -0.25) is 0 Å². The molecule has 10 heavy (non-hydrogen) atoms. The normalized spacial score (nSPS) is 10.4. The summed E-state index contributed by atoms with van der Waals surface area (Å²) in [5, 5.41) is 0. The third-order valence-electron chi connectivity index (χ3n) is 1.50. The molecule has 0 spiro atoms. The molecule has 0 saturated carbocycles. The molecule has 0 unspecified atom stereocenters. The molecule has 60 valence electrons. The molecule has 0 aliphatic heterocycles. The molecular formula is C8H18N2. The van der Waals surface area contributed by atoms with E-state index in [1.807, 2.05) is 0 Å². The predicted molar refractivity (Wildman–Crippen MR) is 46.0 cm³/mol. The van der Waals surface area contributed by atoms with E-state index in [-0.39, 0.29) is 0 Å². The number of rotatable bonds is 5. The van der Waals surface area contributed by atoms with Crippen LogP contribution >= 0.6 is 0 Å². The van der Waals surface area contributed by atoms with Gasteiger partial charge >= 0.3 is 0 Å². The summed E-state index contributed by atoms with van der Waals surface area (Å²) in [5.74, 6) is 0. The van der Waals surface area contributed by atoms with Crippen molar-refractivity contribution in [3.63, 3.8) is 0 Å². The molecule has 0 atom stereocenters. The highest BCUT2D eigenvalue weighted by Crippen LogP contribution is 1.97. The van der Waals surface area contributed by atoms with Crippen LogP contribution in [0.25, 0.3) is 0 Å². The molecule has 0 aromatic rings. The third kappa shape index (κ3) is 4.53. The van der Waals surface area contributed by atoms with E-state index >= 15 is 0 Å². The smallest absolute Gasteiger partial charge is 0.0187 e. The van der Waals surface area contributed by atoms with E-state index in [0.717, 1.165) is 26.1 Å². The lowest BCUT2D eigenvalue weighted by molar-refractivity contribution is 0.370. The molecule has 0 rings (SSSR count). The summed E-state index contributed by atoms with van der Waals surface area (Å²) in [5.41, 5.74) is 6.65. The fraction of sp³-hybridized carbons (Fsp3) is 0.750. The Hall–Kier alpha value is -0.340. The van der Waals surface area contributed by atoms with E-state index in [1.54, 1.807) is 0 Å². The Balaban J connectivity index is 3.37. The van der Waals surface area contributed by atoms with E-state index in [4.69, 9.17) is 5.73 Å². The van der Waals surface area contributed by atoms with Crippen molar-refractivity contribution < 1.29 is 0 Å². The van der Waals surface area contributed by atoms with Gasteiger partial charge in [-0.15, -0.1) is 0 Å². The highest BCUT2D eigenvalue weighted by atomic mass is 15.1. The Labute approximate surface area is 63.7 Å². The van der Waals surface area contributed by atoms with Crippen molar-refractivity contribution in [3.05, 3.63) is 12.2 Å². The first-order valence-corrected chi connectivity index (χ1v) is 3.76. The average molecular weight is 142 g/mol. The van der Waals surface area contributed by atoms with E-state index in [0.29, 0.717) is 0 Å². The molecule has 0 amide bonds. The summed E-state index contributed by atoms with van der Waals surface area (Å²) in [4.78, 5) is 2.19. The number of hydrogen-bond donors (Lipinski definition) is 1. The van der Waals surface area contributed by atoms with E-state index < -0.39 is 0 Å². The van der Waals surface area contributed by atoms with Gasteiger partial charge in [-0.25, -0.2) is 0 Å². The summed E-state index contributed by atoms with van der Waals surface area (Å²) in [6.07, 6.45) is 1.06. The zero-order valence-corrected chi connectivity index (χ0v) is 7.06. The van der Waals surface area contributed by atoms with Crippen LogP contribution in [0.4, 0.5) is 0 Å². The van der Waals surface area contributed by atoms with Crippen molar-refractivity contribution in [2.45, 2.75) is 13.3 Å². The zero-order valence-electron chi connectivity index (χ0n) is 7.06. The quantitative estimate of drug-likeness (QED) is 0.576. The van der Waals surface area contributed by atoms with Gasteiger partial charge in [0.1, 0.15) is 0 Å². The summed E-state index contributed by atoms with van der Waals surface area (Å²) < 4.78 is 0. The van der Waals surface area contributed by atoms with Crippen LogP contribution in [-0.2, 0) is 0 Å². The molecule has 0 saturated heterocycles. The second-order valence-corrected chi connectivity index (χ2v) is 2.63. The minimum Gasteiger partial charge on any atom is -0.329 e. The van der Waals surface area contributed by atoms with Crippen molar-refractivity contribution >= 4 is 0 Å². The van der Waals surface area contributed by atoms with Gasteiger partial charge in [0.25, 0.3) is 0 Å². The summed E-state index contributed by atoms with van der Waals surface area (Å²) in [6.45, 7) is 8.70. The number of hydrogen-bond acceptors (Lipinski definition) is 2. The highest BCUT2D eigenvalue weighted by molar-refractivity contribution is 4.95. The summed E-state index contributed by atoms with van der Waals surface area (Å²) in [6, 6.07) is 0. The van der Waals surface area contributed by atoms with Gasteiger partial charge in [0.15, 0.2) is 0 Å².